The molecule has 0 aromatic carbocycles. The number of hydrogen-bond acceptors (Lipinski definition) is 4. The van der Waals surface area contributed by atoms with Crippen LogP contribution in [0.1, 0.15) is 19.3 Å². The van der Waals surface area contributed by atoms with Crippen LogP contribution >= 0.6 is 0 Å². The third-order valence-corrected chi connectivity index (χ3v) is 3.58. The van der Waals surface area contributed by atoms with Crippen molar-refractivity contribution in [1.82, 2.24) is 15.5 Å². The van der Waals surface area contributed by atoms with Gasteiger partial charge in [0.15, 0.2) is 0 Å². The molecule has 0 radical (unpaired) electrons. The largest absolute Gasteiger partial charge is 0.481 e. The Morgan fingerprint density at radius 2 is 1.84 bits per heavy atom. The maximum absolute atomic E-state index is 11.8. The Bertz CT molecular complexity index is 428. The van der Waals surface area contributed by atoms with Crippen LogP contribution in [0.3, 0.4) is 0 Å². The van der Waals surface area contributed by atoms with Gasteiger partial charge in [-0.2, -0.15) is 0 Å². The fraction of sp³-hybridized carbons (Fsp3) is 0.636. The summed E-state index contributed by atoms with van der Waals surface area (Å²) in [4.78, 5) is 46.2. The Hall–Kier alpha value is -2.12. The third kappa shape index (κ3) is 2.67. The van der Waals surface area contributed by atoms with E-state index in [1.165, 1.54) is 0 Å². The van der Waals surface area contributed by atoms with E-state index >= 15 is 0 Å². The highest BCUT2D eigenvalue weighted by Gasteiger charge is 2.44. The molecular formula is C11H15N3O5. The molecule has 19 heavy (non-hydrogen) atoms. The number of amides is 4. The molecule has 104 valence electrons. The molecule has 0 aromatic rings. The van der Waals surface area contributed by atoms with E-state index in [0.717, 1.165) is 11.3 Å². The van der Waals surface area contributed by atoms with E-state index in [2.05, 4.69) is 10.6 Å². The molecule has 3 N–H and O–H groups in total. The summed E-state index contributed by atoms with van der Waals surface area (Å²) in [6.45, 7) is -0.372. The summed E-state index contributed by atoms with van der Waals surface area (Å²) in [6.07, 6.45) is 1.89. The second-order valence-electron chi connectivity index (χ2n) is 4.93. The van der Waals surface area contributed by atoms with Gasteiger partial charge in [-0.25, -0.2) is 4.79 Å². The number of carboxylic acid groups (broad SMARTS) is 1. The first kappa shape index (κ1) is 13.3. The summed E-state index contributed by atoms with van der Waals surface area (Å²) < 4.78 is 0. The number of aliphatic carboxylic acids is 1. The molecule has 1 heterocycles. The van der Waals surface area contributed by atoms with Gasteiger partial charge in [0, 0.05) is 6.54 Å². The number of nitrogens with zero attached hydrogens (tertiary/aromatic N) is 1. The average Bonchev–Trinajstić information content (AvgIpc) is 2.25. The molecule has 2 aliphatic rings. The number of carbonyl (C=O) groups is 4. The summed E-state index contributed by atoms with van der Waals surface area (Å²) in [6, 6.07) is -0.587. The quantitative estimate of drug-likeness (QED) is 0.563. The van der Waals surface area contributed by atoms with E-state index < -0.39 is 29.2 Å². The average molecular weight is 269 g/mol. The minimum Gasteiger partial charge on any atom is -0.481 e. The molecule has 4 amide bonds. The predicted octanol–water partition coefficient (Wildman–Crippen LogP) is -1.09. The van der Waals surface area contributed by atoms with Gasteiger partial charge in [-0.1, -0.05) is 6.42 Å². The first-order chi connectivity index (χ1) is 8.93. The number of nitrogens with one attached hydrogen (secondary N) is 2. The number of urea groups is 1. The third-order valence-electron chi connectivity index (χ3n) is 3.58. The highest BCUT2D eigenvalue weighted by Crippen LogP contribution is 2.40. The minimum absolute atomic E-state index is 0.0213. The first-order valence-electron chi connectivity index (χ1n) is 6.02. The summed E-state index contributed by atoms with van der Waals surface area (Å²) in [5.74, 6) is -2.00. The summed E-state index contributed by atoms with van der Waals surface area (Å²) in [5.41, 5.74) is -0.891. The topological polar surface area (TPSA) is 116 Å². The molecule has 1 aliphatic heterocycles. The Balaban J connectivity index is 1.89. The number of piperazine rings is 1. The molecule has 0 bridgehead atoms. The number of hydrogen-bond donors (Lipinski definition) is 3. The second-order valence-corrected chi connectivity index (χ2v) is 4.93. The van der Waals surface area contributed by atoms with E-state index in [0.29, 0.717) is 12.8 Å². The van der Waals surface area contributed by atoms with Gasteiger partial charge >= 0.3 is 12.0 Å². The van der Waals surface area contributed by atoms with Gasteiger partial charge in [-0.15, -0.1) is 0 Å². The number of carbonyl (C=O) groups excluding carboxylic acids is 3. The van der Waals surface area contributed by atoms with Crippen LogP contribution in [0.15, 0.2) is 0 Å². The lowest BCUT2D eigenvalue weighted by Gasteiger charge is -2.38. The van der Waals surface area contributed by atoms with Crippen molar-refractivity contribution >= 4 is 23.8 Å². The van der Waals surface area contributed by atoms with Crippen LogP contribution in [0.4, 0.5) is 4.79 Å². The number of rotatable bonds is 3. The molecule has 1 aliphatic carbocycles. The van der Waals surface area contributed by atoms with Crippen molar-refractivity contribution in [1.29, 1.82) is 0 Å². The molecule has 2 fully saturated rings. The Morgan fingerprint density at radius 3 is 2.26 bits per heavy atom. The van der Waals surface area contributed by atoms with Crippen molar-refractivity contribution in [3.05, 3.63) is 0 Å². The molecule has 8 heteroatoms. The Labute approximate surface area is 109 Å². The second kappa shape index (κ2) is 4.87. The van der Waals surface area contributed by atoms with Crippen LogP contribution in [-0.2, 0) is 14.4 Å². The lowest BCUT2D eigenvalue weighted by Crippen LogP contribution is -2.57. The van der Waals surface area contributed by atoms with Gasteiger partial charge in [0.1, 0.15) is 13.1 Å². The summed E-state index contributed by atoms with van der Waals surface area (Å²) in [7, 11) is 0. The zero-order chi connectivity index (χ0) is 14.0. The van der Waals surface area contributed by atoms with E-state index in [1.807, 2.05) is 0 Å². The fourth-order valence-corrected chi connectivity index (χ4v) is 2.21. The van der Waals surface area contributed by atoms with Gasteiger partial charge in [-0.05, 0) is 12.8 Å². The van der Waals surface area contributed by atoms with Gasteiger partial charge in [0.2, 0.25) is 11.8 Å². The van der Waals surface area contributed by atoms with Gasteiger partial charge in [0.05, 0.1) is 5.41 Å². The fourth-order valence-electron chi connectivity index (χ4n) is 2.21. The molecule has 0 spiro atoms. The van der Waals surface area contributed by atoms with Crippen LogP contribution in [0.5, 0.6) is 0 Å². The van der Waals surface area contributed by atoms with Gasteiger partial charge in [-0.3, -0.25) is 19.7 Å². The van der Waals surface area contributed by atoms with Crippen molar-refractivity contribution in [3.63, 3.8) is 0 Å². The monoisotopic (exact) mass is 269 g/mol. The van der Waals surface area contributed by atoms with Crippen molar-refractivity contribution in [2.24, 2.45) is 5.41 Å². The van der Waals surface area contributed by atoms with Crippen molar-refractivity contribution in [2.45, 2.75) is 19.3 Å². The van der Waals surface area contributed by atoms with Crippen molar-refractivity contribution < 1.29 is 24.3 Å². The lowest BCUT2D eigenvalue weighted by atomic mass is 9.69. The molecule has 0 unspecified atom stereocenters. The number of imide groups is 1. The van der Waals surface area contributed by atoms with Crippen LogP contribution in [0, 0.1) is 5.41 Å². The smallest absolute Gasteiger partial charge is 0.318 e. The first-order valence-corrected chi connectivity index (χ1v) is 6.02. The maximum atomic E-state index is 11.8. The minimum atomic E-state index is -0.925. The van der Waals surface area contributed by atoms with Gasteiger partial charge in [0.25, 0.3) is 0 Å². The Morgan fingerprint density at radius 1 is 1.26 bits per heavy atom. The van der Waals surface area contributed by atoms with Crippen molar-refractivity contribution in [2.75, 3.05) is 19.6 Å². The van der Waals surface area contributed by atoms with Crippen molar-refractivity contribution in [3.8, 4) is 0 Å². The van der Waals surface area contributed by atoms with Crippen LogP contribution in [-0.4, -0.2) is 53.5 Å². The molecular weight excluding hydrogens is 254 g/mol. The molecule has 1 saturated heterocycles. The zero-order valence-electron chi connectivity index (χ0n) is 10.3. The van der Waals surface area contributed by atoms with E-state index in [9.17, 15) is 19.2 Å². The Kier molecular flexibility index (Phi) is 3.41. The zero-order valence-corrected chi connectivity index (χ0v) is 10.3. The predicted molar refractivity (Wildman–Crippen MR) is 62.0 cm³/mol. The summed E-state index contributed by atoms with van der Waals surface area (Å²) >= 11 is 0. The molecule has 2 rings (SSSR count). The maximum Gasteiger partial charge on any atom is 0.318 e. The van der Waals surface area contributed by atoms with Crippen LogP contribution in [0.2, 0.25) is 0 Å². The van der Waals surface area contributed by atoms with Crippen LogP contribution in [0.25, 0.3) is 0 Å². The summed E-state index contributed by atoms with van der Waals surface area (Å²) in [5, 5.41) is 13.7. The molecule has 1 saturated carbocycles. The van der Waals surface area contributed by atoms with Crippen LogP contribution < -0.4 is 10.6 Å². The molecule has 8 nitrogen and oxygen atoms in total. The standard InChI is InChI=1S/C11H15N3O5/c15-7-4-14(5-8(16)13-7)10(19)12-6-11(9(17)18)2-1-3-11/h1-6H2,(H,12,19)(H,17,18)(H,13,15,16). The normalized spacial score (nSPS) is 21.4. The van der Waals surface area contributed by atoms with E-state index in [4.69, 9.17) is 5.11 Å². The molecule has 0 aromatic heterocycles. The highest BCUT2D eigenvalue weighted by atomic mass is 16.4. The van der Waals surface area contributed by atoms with E-state index in [1.54, 1.807) is 0 Å². The molecule has 0 atom stereocenters. The lowest BCUT2D eigenvalue weighted by molar-refractivity contribution is -0.154. The highest BCUT2D eigenvalue weighted by molar-refractivity contribution is 6.02. The SMILES string of the molecule is O=C1CN(C(=O)NCC2(C(=O)O)CCC2)CC(=O)N1. The number of carboxylic acids is 1. The van der Waals surface area contributed by atoms with E-state index in [-0.39, 0.29) is 19.6 Å². The van der Waals surface area contributed by atoms with Gasteiger partial charge < -0.3 is 15.3 Å².